The van der Waals surface area contributed by atoms with Crippen LogP contribution in [0.1, 0.15) is 72.6 Å². The first-order valence-electron chi connectivity index (χ1n) is 11.0. The molecule has 1 N–H and O–H groups in total. The Balaban J connectivity index is 2.00. The predicted octanol–water partition coefficient (Wildman–Crippen LogP) is 3.62. The van der Waals surface area contributed by atoms with E-state index in [1.807, 2.05) is 27.7 Å². The minimum absolute atomic E-state index is 0.125. The van der Waals surface area contributed by atoms with E-state index < -0.39 is 51.3 Å². The lowest BCUT2D eigenvalue weighted by molar-refractivity contribution is -0.249. The normalized spacial score (nSPS) is 43.8. The van der Waals surface area contributed by atoms with E-state index in [1.54, 1.807) is 12.2 Å². The number of hydrogen-bond donors (Lipinski definition) is 1. The molecule has 1 aliphatic heterocycles. The van der Waals surface area contributed by atoms with Crippen molar-refractivity contribution < 1.29 is 29.0 Å². The summed E-state index contributed by atoms with van der Waals surface area (Å²) in [6.07, 6.45) is 6.84. The van der Waals surface area contributed by atoms with Crippen LogP contribution in [0.5, 0.6) is 0 Å². The van der Waals surface area contributed by atoms with E-state index in [4.69, 9.17) is 9.47 Å². The second-order valence-electron chi connectivity index (χ2n) is 10.5. The van der Waals surface area contributed by atoms with E-state index in [2.05, 4.69) is 6.58 Å². The number of carbonyl (C=O) groups excluding carboxylic acids is 3. The van der Waals surface area contributed by atoms with Gasteiger partial charge in [-0.05, 0) is 37.5 Å². The molecular weight excluding hydrogens is 384 g/mol. The molecule has 0 aromatic carbocycles. The molecule has 5 atom stereocenters. The Labute approximate surface area is 177 Å². The summed E-state index contributed by atoms with van der Waals surface area (Å²) in [6.45, 7) is 11.6. The predicted molar refractivity (Wildman–Crippen MR) is 109 cm³/mol. The van der Waals surface area contributed by atoms with Crippen LogP contribution < -0.4 is 0 Å². The Morgan fingerprint density at radius 3 is 2.60 bits per heavy atom. The fourth-order valence-corrected chi connectivity index (χ4v) is 6.64. The Kier molecular flexibility index (Phi) is 4.46. The van der Waals surface area contributed by atoms with Gasteiger partial charge in [0.2, 0.25) is 5.78 Å². The van der Waals surface area contributed by atoms with Crippen LogP contribution >= 0.6 is 0 Å². The van der Waals surface area contributed by atoms with Gasteiger partial charge in [0.15, 0.2) is 0 Å². The van der Waals surface area contributed by atoms with Gasteiger partial charge in [-0.25, -0.2) is 0 Å². The quantitative estimate of drug-likeness (QED) is 0.556. The summed E-state index contributed by atoms with van der Waals surface area (Å²) in [7, 11) is 0. The Morgan fingerprint density at radius 2 is 1.97 bits per heavy atom. The molecule has 3 aliphatic carbocycles. The molecule has 0 aromatic heterocycles. The smallest absolute Gasteiger partial charge is 0.325 e. The van der Waals surface area contributed by atoms with Gasteiger partial charge in [-0.15, -0.1) is 6.58 Å². The lowest BCUT2D eigenvalue weighted by atomic mass is 9.42. The SMILES string of the molecule is C=C[C@]1(C)C=C2C(=O)[C@@]3(OC(=O)CCC)OC(=O)[C@@]4(CCCC(C)(C)[C@H]34)[C@@]2(O)CC1. The summed E-state index contributed by atoms with van der Waals surface area (Å²) >= 11 is 0. The molecule has 1 saturated heterocycles. The molecule has 3 fully saturated rings. The lowest BCUT2D eigenvalue weighted by Crippen LogP contribution is -2.71. The van der Waals surface area contributed by atoms with Crippen molar-refractivity contribution in [2.24, 2.45) is 22.2 Å². The van der Waals surface area contributed by atoms with Crippen molar-refractivity contribution in [3.05, 3.63) is 24.3 Å². The monoisotopic (exact) mass is 416 g/mol. The number of allylic oxidation sites excluding steroid dienone is 2. The zero-order chi connectivity index (χ0) is 22.2. The van der Waals surface area contributed by atoms with Crippen LogP contribution in [-0.4, -0.2) is 34.2 Å². The zero-order valence-electron chi connectivity index (χ0n) is 18.4. The summed E-state index contributed by atoms with van der Waals surface area (Å²) in [5, 5.41) is 12.1. The van der Waals surface area contributed by atoms with E-state index >= 15 is 0 Å². The van der Waals surface area contributed by atoms with Crippen LogP contribution in [0.4, 0.5) is 0 Å². The zero-order valence-corrected chi connectivity index (χ0v) is 18.4. The topological polar surface area (TPSA) is 89.9 Å². The highest BCUT2D eigenvalue weighted by Gasteiger charge is 2.85. The summed E-state index contributed by atoms with van der Waals surface area (Å²) < 4.78 is 11.6. The van der Waals surface area contributed by atoms with Gasteiger partial charge in [0.1, 0.15) is 11.0 Å². The number of hydrogen-bond acceptors (Lipinski definition) is 6. The molecule has 164 valence electrons. The third kappa shape index (κ3) is 2.37. The van der Waals surface area contributed by atoms with Gasteiger partial charge < -0.3 is 14.6 Å². The average Bonchev–Trinajstić information content (AvgIpc) is 2.92. The Hall–Kier alpha value is -1.95. The lowest BCUT2D eigenvalue weighted by Gasteiger charge is -2.60. The number of carbonyl (C=O) groups is 3. The molecule has 2 bridgehead atoms. The Morgan fingerprint density at radius 1 is 1.27 bits per heavy atom. The fraction of sp³-hybridized carbons (Fsp3) is 0.708. The molecule has 4 rings (SSSR count). The molecule has 0 amide bonds. The van der Waals surface area contributed by atoms with Crippen molar-refractivity contribution in [2.45, 2.75) is 84.0 Å². The van der Waals surface area contributed by atoms with Crippen molar-refractivity contribution >= 4 is 17.7 Å². The number of esters is 2. The van der Waals surface area contributed by atoms with Gasteiger partial charge in [0, 0.05) is 17.4 Å². The van der Waals surface area contributed by atoms with E-state index in [1.165, 1.54) is 0 Å². The third-order valence-electron chi connectivity index (χ3n) is 8.09. The molecule has 0 aromatic rings. The first-order chi connectivity index (χ1) is 13.9. The highest BCUT2D eigenvalue weighted by atomic mass is 16.7. The Bertz CT molecular complexity index is 871. The van der Waals surface area contributed by atoms with Crippen LogP contribution in [0.25, 0.3) is 0 Å². The van der Waals surface area contributed by atoms with Gasteiger partial charge in [-0.1, -0.05) is 46.3 Å². The number of ether oxygens (including phenoxy) is 2. The van der Waals surface area contributed by atoms with Crippen LogP contribution in [0.3, 0.4) is 0 Å². The van der Waals surface area contributed by atoms with Crippen molar-refractivity contribution in [3.63, 3.8) is 0 Å². The molecule has 2 saturated carbocycles. The molecule has 0 unspecified atom stereocenters. The number of Topliss-reactive ketones (excluding diaryl/α,β-unsaturated/α-hetero) is 1. The number of ketones is 1. The minimum atomic E-state index is -2.01. The summed E-state index contributed by atoms with van der Waals surface area (Å²) in [4.78, 5) is 40.1. The number of rotatable bonds is 4. The minimum Gasteiger partial charge on any atom is -0.414 e. The van der Waals surface area contributed by atoms with Crippen molar-refractivity contribution in [3.8, 4) is 0 Å². The maximum Gasteiger partial charge on any atom is 0.325 e. The largest absolute Gasteiger partial charge is 0.414 e. The first-order valence-corrected chi connectivity index (χ1v) is 11.0. The second-order valence-corrected chi connectivity index (χ2v) is 10.5. The van der Waals surface area contributed by atoms with Gasteiger partial charge in [0.25, 0.3) is 0 Å². The van der Waals surface area contributed by atoms with Gasteiger partial charge >= 0.3 is 17.7 Å². The van der Waals surface area contributed by atoms with Crippen LogP contribution in [-0.2, 0) is 23.9 Å². The van der Waals surface area contributed by atoms with Crippen molar-refractivity contribution in [1.29, 1.82) is 0 Å². The molecule has 30 heavy (non-hydrogen) atoms. The maximum atomic E-state index is 14.0. The molecule has 6 heteroatoms. The van der Waals surface area contributed by atoms with Gasteiger partial charge in [-0.3, -0.25) is 14.4 Å². The van der Waals surface area contributed by atoms with E-state index in [9.17, 15) is 19.5 Å². The van der Waals surface area contributed by atoms with Crippen molar-refractivity contribution in [2.75, 3.05) is 0 Å². The standard InChI is InChI=1S/C24H32O6/c1-6-9-16(25)29-24-17(26)15-14-21(5,7-2)12-13-23(15,28)22(19(27)30-24)11-8-10-20(3,4)18(22)24/h7,14,18,28H,2,6,8-13H2,1,3-5H3/t18-,21-,22-,23+,24+/m0/s1. The number of aliphatic hydroxyl groups is 1. The number of fused-ring (bicyclic) bond motifs is 1. The maximum absolute atomic E-state index is 14.0. The molecule has 0 radical (unpaired) electrons. The molecule has 0 spiro atoms. The third-order valence-corrected chi connectivity index (χ3v) is 8.09. The highest BCUT2D eigenvalue weighted by Crippen LogP contribution is 2.72. The summed E-state index contributed by atoms with van der Waals surface area (Å²) in [5.41, 5.74) is -3.83. The molecular formula is C24H32O6. The van der Waals surface area contributed by atoms with Gasteiger partial charge in [-0.2, -0.15) is 0 Å². The molecule has 6 nitrogen and oxygen atoms in total. The summed E-state index contributed by atoms with van der Waals surface area (Å²) in [6, 6.07) is 0. The summed E-state index contributed by atoms with van der Waals surface area (Å²) in [5.74, 6) is -4.52. The van der Waals surface area contributed by atoms with Crippen LogP contribution in [0.2, 0.25) is 0 Å². The first kappa shape index (κ1) is 21.3. The van der Waals surface area contributed by atoms with Crippen LogP contribution in [0, 0.1) is 22.2 Å². The van der Waals surface area contributed by atoms with Crippen LogP contribution in [0.15, 0.2) is 24.3 Å². The van der Waals surface area contributed by atoms with E-state index in [-0.39, 0.29) is 18.4 Å². The average molecular weight is 417 g/mol. The molecule has 4 aliphatic rings. The van der Waals surface area contributed by atoms with E-state index in [0.29, 0.717) is 19.3 Å². The van der Waals surface area contributed by atoms with Gasteiger partial charge in [0.05, 0.1) is 5.92 Å². The molecule has 1 heterocycles. The second kappa shape index (κ2) is 6.28. The van der Waals surface area contributed by atoms with Crippen molar-refractivity contribution in [1.82, 2.24) is 0 Å². The highest BCUT2D eigenvalue weighted by molar-refractivity contribution is 6.11. The fourth-order valence-electron chi connectivity index (χ4n) is 6.64. The van der Waals surface area contributed by atoms with E-state index in [0.717, 1.165) is 12.8 Å².